The molecule has 2 saturated heterocycles. The average molecular weight is 436 g/mol. The normalized spacial score (nSPS) is 22.3. The first-order valence-corrected chi connectivity index (χ1v) is 11.3. The highest BCUT2D eigenvalue weighted by atomic mass is 16.5. The Hall–Kier alpha value is -3.16. The highest BCUT2D eigenvalue weighted by Crippen LogP contribution is 2.40. The number of nitrogens with zero attached hydrogens (tertiary/aromatic N) is 5. The van der Waals surface area contributed by atoms with Crippen molar-refractivity contribution in [3.8, 4) is 5.75 Å². The maximum atomic E-state index is 13.0. The molecule has 0 aromatic carbocycles. The Morgan fingerprint density at radius 3 is 2.62 bits per heavy atom. The number of piperidine rings is 2. The minimum Gasteiger partial charge on any atom is -0.488 e. The van der Waals surface area contributed by atoms with Gasteiger partial charge in [0.25, 0.3) is 5.91 Å². The van der Waals surface area contributed by atoms with Crippen LogP contribution in [0.5, 0.6) is 5.75 Å². The second kappa shape index (κ2) is 8.07. The number of amides is 1. The van der Waals surface area contributed by atoms with Crippen LogP contribution >= 0.6 is 0 Å². The molecule has 1 saturated carbocycles. The van der Waals surface area contributed by atoms with Crippen molar-refractivity contribution in [2.45, 2.75) is 26.7 Å². The molecule has 0 N–H and O–H groups in total. The molecule has 8 nitrogen and oxygen atoms in total. The summed E-state index contributed by atoms with van der Waals surface area (Å²) in [4.78, 5) is 38.4. The fourth-order valence-corrected chi connectivity index (χ4v) is 4.97. The molecule has 6 rings (SSSR count). The average Bonchev–Trinajstić information content (AvgIpc) is 2.81. The van der Waals surface area contributed by atoms with Crippen molar-refractivity contribution in [2.75, 3.05) is 38.2 Å². The van der Waals surface area contributed by atoms with E-state index in [-0.39, 0.29) is 17.7 Å². The lowest BCUT2D eigenvalue weighted by atomic mass is 9.71. The van der Waals surface area contributed by atoms with Gasteiger partial charge in [0.1, 0.15) is 12.1 Å². The summed E-state index contributed by atoms with van der Waals surface area (Å²) in [6, 6.07) is 5.59. The Morgan fingerprint density at radius 1 is 1.19 bits per heavy atom. The molecule has 8 heteroatoms. The van der Waals surface area contributed by atoms with Crippen molar-refractivity contribution in [3.63, 3.8) is 0 Å². The Labute approximate surface area is 187 Å². The van der Waals surface area contributed by atoms with E-state index >= 15 is 0 Å². The fraction of sp³-hybridized carbons (Fsp3) is 0.500. The van der Waals surface area contributed by atoms with Gasteiger partial charge in [-0.05, 0) is 36.8 Å². The smallest absolute Gasteiger partial charge is 0.255 e. The number of ether oxygens (including phenoxy) is 1. The van der Waals surface area contributed by atoms with Gasteiger partial charge in [-0.25, -0.2) is 4.98 Å². The van der Waals surface area contributed by atoms with E-state index in [9.17, 15) is 9.59 Å². The lowest BCUT2D eigenvalue weighted by molar-refractivity contribution is 0.0228. The SMILES string of the molecule is CN=c1cc(N2CCOc3cc(C(=O)N4CC5CC(C5)C4)cnc32)ccn1C(=O)C(C)C. The van der Waals surface area contributed by atoms with Crippen LogP contribution in [-0.2, 0) is 0 Å². The standard InChI is InChI=1S/C24H29N5O3/c1-15(2)23(30)29-5-4-19(11-21(29)25-3)28-6-7-32-20-10-18(12-26-22(20)28)24(31)27-13-16-8-17(9-16)14-27/h4-5,10-12,15-17H,6-9,13-14H2,1-3H3. The highest BCUT2D eigenvalue weighted by molar-refractivity contribution is 5.95. The number of pyridine rings is 2. The van der Waals surface area contributed by atoms with Crippen LogP contribution in [0.3, 0.4) is 0 Å². The van der Waals surface area contributed by atoms with Gasteiger partial charge in [-0.3, -0.25) is 19.1 Å². The molecule has 0 radical (unpaired) electrons. The quantitative estimate of drug-likeness (QED) is 0.741. The van der Waals surface area contributed by atoms with Crippen molar-refractivity contribution in [2.24, 2.45) is 22.7 Å². The monoisotopic (exact) mass is 435 g/mol. The fourth-order valence-electron chi connectivity index (χ4n) is 4.97. The Kier molecular flexibility index (Phi) is 5.23. The van der Waals surface area contributed by atoms with Crippen LogP contribution in [0, 0.1) is 17.8 Å². The molecule has 1 aliphatic carbocycles. The van der Waals surface area contributed by atoms with Crippen LogP contribution in [-0.4, -0.2) is 59.6 Å². The molecule has 1 amide bonds. The van der Waals surface area contributed by atoms with E-state index in [4.69, 9.17) is 4.74 Å². The van der Waals surface area contributed by atoms with E-state index in [2.05, 4.69) is 9.98 Å². The van der Waals surface area contributed by atoms with E-state index in [1.54, 1.807) is 24.0 Å². The summed E-state index contributed by atoms with van der Waals surface area (Å²) < 4.78 is 7.45. The minimum atomic E-state index is -0.126. The summed E-state index contributed by atoms with van der Waals surface area (Å²) in [5, 5.41) is 0. The van der Waals surface area contributed by atoms with Crippen LogP contribution in [0.25, 0.3) is 0 Å². The number of fused-ring (bicyclic) bond motifs is 3. The number of carbonyl (C=O) groups excluding carboxylic acids is 2. The van der Waals surface area contributed by atoms with Gasteiger partial charge in [-0.15, -0.1) is 0 Å². The summed E-state index contributed by atoms with van der Waals surface area (Å²) in [6.07, 6.45) is 5.93. The molecule has 0 unspecified atom stereocenters. The molecular weight excluding hydrogens is 406 g/mol. The maximum Gasteiger partial charge on any atom is 0.255 e. The Balaban J connectivity index is 1.43. The van der Waals surface area contributed by atoms with Crippen LogP contribution in [0.2, 0.25) is 0 Å². The molecule has 2 bridgehead atoms. The van der Waals surface area contributed by atoms with Crippen molar-refractivity contribution in [1.82, 2.24) is 14.5 Å². The molecule has 3 aliphatic heterocycles. The van der Waals surface area contributed by atoms with Gasteiger partial charge < -0.3 is 14.5 Å². The third kappa shape index (κ3) is 3.57. The zero-order valence-electron chi connectivity index (χ0n) is 18.8. The number of hydrogen-bond donors (Lipinski definition) is 0. The van der Waals surface area contributed by atoms with Gasteiger partial charge in [-0.2, -0.15) is 0 Å². The van der Waals surface area contributed by atoms with E-state index < -0.39 is 0 Å². The molecule has 168 valence electrons. The summed E-state index contributed by atoms with van der Waals surface area (Å²) in [5.41, 5.74) is 2.04. The summed E-state index contributed by atoms with van der Waals surface area (Å²) in [6.45, 7) is 6.55. The maximum absolute atomic E-state index is 13.0. The van der Waals surface area contributed by atoms with Crippen molar-refractivity contribution in [1.29, 1.82) is 0 Å². The van der Waals surface area contributed by atoms with E-state index in [1.165, 1.54) is 12.8 Å². The minimum absolute atomic E-state index is 0.00356. The van der Waals surface area contributed by atoms with Crippen molar-refractivity contribution < 1.29 is 14.3 Å². The molecule has 3 fully saturated rings. The first-order valence-electron chi connectivity index (χ1n) is 11.3. The lowest BCUT2D eigenvalue weighted by Gasteiger charge is -2.47. The van der Waals surface area contributed by atoms with Gasteiger partial charge in [0, 0.05) is 50.2 Å². The van der Waals surface area contributed by atoms with Gasteiger partial charge >= 0.3 is 0 Å². The summed E-state index contributed by atoms with van der Waals surface area (Å²) in [5.74, 6) is 2.51. The highest BCUT2D eigenvalue weighted by Gasteiger charge is 2.39. The number of anilines is 2. The van der Waals surface area contributed by atoms with E-state index in [1.807, 2.05) is 41.8 Å². The predicted octanol–water partition coefficient (Wildman–Crippen LogP) is 2.72. The van der Waals surface area contributed by atoms with Crippen molar-refractivity contribution >= 4 is 23.3 Å². The number of rotatable bonds is 3. The number of hydrogen-bond acceptors (Lipinski definition) is 6. The predicted molar refractivity (Wildman–Crippen MR) is 120 cm³/mol. The van der Waals surface area contributed by atoms with Gasteiger partial charge in [-0.1, -0.05) is 13.8 Å². The summed E-state index contributed by atoms with van der Waals surface area (Å²) in [7, 11) is 1.68. The molecule has 32 heavy (non-hydrogen) atoms. The van der Waals surface area contributed by atoms with Crippen LogP contribution in [0.1, 0.15) is 41.8 Å². The second-order valence-corrected chi connectivity index (χ2v) is 9.29. The molecule has 0 spiro atoms. The third-order valence-corrected chi connectivity index (χ3v) is 6.68. The summed E-state index contributed by atoms with van der Waals surface area (Å²) >= 11 is 0. The molecule has 5 heterocycles. The number of carbonyl (C=O) groups is 2. The lowest BCUT2D eigenvalue weighted by Crippen LogP contribution is -2.50. The zero-order valence-corrected chi connectivity index (χ0v) is 18.8. The third-order valence-electron chi connectivity index (χ3n) is 6.68. The second-order valence-electron chi connectivity index (χ2n) is 9.29. The van der Waals surface area contributed by atoms with Crippen molar-refractivity contribution in [3.05, 3.63) is 41.6 Å². The molecule has 0 atom stereocenters. The van der Waals surface area contributed by atoms with Gasteiger partial charge in [0.15, 0.2) is 11.6 Å². The Bertz CT molecular complexity index is 1120. The molecular formula is C24H29N5O3. The molecule has 2 aromatic heterocycles. The first-order chi connectivity index (χ1) is 15.4. The largest absolute Gasteiger partial charge is 0.488 e. The van der Waals surface area contributed by atoms with Crippen LogP contribution < -0.4 is 15.1 Å². The number of aromatic nitrogens is 2. The molecule has 4 aliphatic rings. The van der Waals surface area contributed by atoms with Crippen LogP contribution in [0.4, 0.5) is 11.5 Å². The van der Waals surface area contributed by atoms with E-state index in [0.717, 1.165) is 18.8 Å². The van der Waals surface area contributed by atoms with Crippen LogP contribution in [0.15, 0.2) is 35.6 Å². The zero-order chi connectivity index (χ0) is 22.4. The molecule has 2 aromatic rings. The van der Waals surface area contributed by atoms with Gasteiger partial charge in [0.2, 0.25) is 5.91 Å². The van der Waals surface area contributed by atoms with Gasteiger partial charge in [0.05, 0.1) is 12.1 Å². The van der Waals surface area contributed by atoms with E-state index in [0.29, 0.717) is 47.6 Å². The first kappa shape index (κ1) is 20.7. The topological polar surface area (TPSA) is 80.0 Å². The Morgan fingerprint density at radius 2 is 1.94 bits per heavy atom.